The zero-order valence-electron chi connectivity index (χ0n) is 19.9. The molecule has 0 fully saturated rings. The molecular formula is C27H32N4O2. The quantitative estimate of drug-likeness (QED) is 0.505. The fourth-order valence-corrected chi connectivity index (χ4v) is 4.23. The molecule has 0 radical (unpaired) electrons. The van der Waals surface area contributed by atoms with E-state index >= 15 is 0 Å². The molecule has 0 N–H and O–H groups in total. The second-order valence-electron chi connectivity index (χ2n) is 8.94. The Labute approximate surface area is 196 Å². The number of fused-ring (bicyclic) bond motifs is 1. The van der Waals surface area contributed by atoms with Crippen LogP contribution in [0, 0.1) is 6.92 Å². The number of hydrogen-bond acceptors (Lipinski definition) is 5. The number of benzene rings is 2. The Balaban J connectivity index is 1.55. The number of para-hydroxylation sites is 1. The molecule has 0 bridgehead atoms. The topological polar surface area (TPSA) is 58.6 Å². The Morgan fingerprint density at radius 1 is 1.00 bits per heavy atom. The van der Waals surface area contributed by atoms with Crippen molar-refractivity contribution in [2.75, 3.05) is 11.9 Å². The van der Waals surface area contributed by atoms with E-state index in [1.807, 2.05) is 74.2 Å². The lowest BCUT2D eigenvalue weighted by Gasteiger charge is -2.30. The molecule has 0 atom stereocenters. The third-order valence-corrected chi connectivity index (χ3v) is 5.75. The van der Waals surface area contributed by atoms with Gasteiger partial charge in [-0.1, -0.05) is 48.5 Å². The van der Waals surface area contributed by atoms with Crippen molar-refractivity contribution in [2.24, 2.45) is 0 Å². The van der Waals surface area contributed by atoms with Crippen LogP contribution in [0.15, 0.2) is 54.6 Å². The molecule has 2 heterocycles. The first-order chi connectivity index (χ1) is 15.9. The summed E-state index contributed by atoms with van der Waals surface area (Å²) >= 11 is 0. The van der Waals surface area contributed by atoms with Crippen LogP contribution in [0.4, 0.5) is 5.82 Å². The Hall–Kier alpha value is -3.25. The maximum atomic E-state index is 12.8. The van der Waals surface area contributed by atoms with Gasteiger partial charge in [0.15, 0.2) is 0 Å². The highest BCUT2D eigenvalue weighted by molar-refractivity contribution is 5.95. The van der Waals surface area contributed by atoms with Crippen LogP contribution >= 0.6 is 0 Å². The summed E-state index contributed by atoms with van der Waals surface area (Å²) in [6.07, 6.45) is 1.31. The first-order valence-electron chi connectivity index (χ1n) is 11.5. The second kappa shape index (κ2) is 10.1. The van der Waals surface area contributed by atoms with Crippen molar-refractivity contribution in [3.63, 3.8) is 0 Å². The van der Waals surface area contributed by atoms with Crippen LogP contribution in [0.3, 0.4) is 0 Å². The second-order valence-corrected chi connectivity index (χ2v) is 8.94. The monoisotopic (exact) mass is 444 g/mol. The fraction of sp³-hybridized carbons (Fsp3) is 0.370. The van der Waals surface area contributed by atoms with Gasteiger partial charge in [0, 0.05) is 29.8 Å². The number of hydrogen-bond donors (Lipinski definition) is 0. The summed E-state index contributed by atoms with van der Waals surface area (Å²) in [4.78, 5) is 26.5. The van der Waals surface area contributed by atoms with Gasteiger partial charge >= 0.3 is 0 Å². The number of rotatable bonds is 8. The summed E-state index contributed by atoms with van der Waals surface area (Å²) in [5.41, 5.74) is 4.25. The van der Waals surface area contributed by atoms with Crippen LogP contribution in [0.5, 0.6) is 5.75 Å². The highest BCUT2D eigenvalue weighted by Crippen LogP contribution is 2.30. The zero-order chi connectivity index (χ0) is 23.4. The van der Waals surface area contributed by atoms with Crippen molar-refractivity contribution < 1.29 is 9.53 Å². The van der Waals surface area contributed by atoms with Crippen LogP contribution in [0.1, 0.15) is 48.5 Å². The number of carbonyl (C=O) groups excluding carboxylic acids is 1. The lowest BCUT2D eigenvalue weighted by molar-refractivity contribution is -0.119. The van der Waals surface area contributed by atoms with E-state index in [1.165, 1.54) is 0 Å². The van der Waals surface area contributed by atoms with Gasteiger partial charge in [-0.25, -0.2) is 9.97 Å². The molecule has 33 heavy (non-hydrogen) atoms. The summed E-state index contributed by atoms with van der Waals surface area (Å²) in [5, 5.41) is 0. The Morgan fingerprint density at radius 3 is 2.48 bits per heavy atom. The molecule has 0 aliphatic carbocycles. The molecular weight excluding hydrogens is 412 g/mol. The summed E-state index contributed by atoms with van der Waals surface area (Å²) < 4.78 is 5.97. The molecule has 172 valence electrons. The molecule has 1 aliphatic rings. The van der Waals surface area contributed by atoms with E-state index in [0.29, 0.717) is 25.9 Å². The van der Waals surface area contributed by atoms with Gasteiger partial charge in [0.2, 0.25) is 5.91 Å². The minimum atomic E-state index is 0.114. The largest absolute Gasteiger partial charge is 0.491 e. The molecule has 6 nitrogen and oxygen atoms in total. The Bertz CT molecular complexity index is 1110. The lowest BCUT2D eigenvalue weighted by Crippen LogP contribution is -2.36. The summed E-state index contributed by atoms with van der Waals surface area (Å²) in [6.45, 7) is 7.91. The number of nitrogens with zero attached hydrogens (tertiary/aromatic N) is 4. The third-order valence-electron chi connectivity index (χ3n) is 5.75. The smallest absolute Gasteiger partial charge is 0.228 e. The normalized spacial score (nSPS) is 13.5. The molecule has 0 saturated carbocycles. The zero-order valence-corrected chi connectivity index (χ0v) is 19.9. The van der Waals surface area contributed by atoms with Crippen molar-refractivity contribution in [2.45, 2.75) is 59.4 Å². The summed E-state index contributed by atoms with van der Waals surface area (Å²) in [6, 6.07) is 18.2. The minimum absolute atomic E-state index is 0.114. The van der Waals surface area contributed by atoms with E-state index in [0.717, 1.165) is 46.3 Å². The average Bonchev–Trinajstić information content (AvgIpc) is 2.77. The molecule has 0 saturated heterocycles. The van der Waals surface area contributed by atoms with Gasteiger partial charge in [-0.3, -0.25) is 14.6 Å². The van der Waals surface area contributed by atoms with E-state index < -0.39 is 0 Å². The predicted molar refractivity (Wildman–Crippen MR) is 130 cm³/mol. The van der Waals surface area contributed by atoms with Crippen molar-refractivity contribution in [3.05, 3.63) is 82.8 Å². The Morgan fingerprint density at radius 2 is 1.73 bits per heavy atom. The lowest BCUT2D eigenvalue weighted by atomic mass is 10.0. The van der Waals surface area contributed by atoms with Crippen molar-refractivity contribution >= 4 is 11.7 Å². The molecule has 1 amide bonds. The van der Waals surface area contributed by atoms with Gasteiger partial charge in [-0.15, -0.1) is 0 Å². The van der Waals surface area contributed by atoms with E-state index in [1.54, 1.807) is 0 Å². The fourth-order valence-electron chi connectivity index (χ4n) is 4.23. The van der Waals surface area contributed by atoms with Crippen molar-refractivity contribution in [1.82, 2.24) is 14.9 Å². The number of aromatic nitrogens is 2. The van der Waals surface area contributed by atoms with Gasteiger partial charge < -0.3 is 4.74 Å². The van der Waals surface area contributed by atoms with Crippen LogP contribution in [0.2, 0.25) is 0 Å². The molecule has 0 spiro atoms. The van der Waals surface area contributed by atoms with Crippen molar-refractivity contribution in [1.29, 1.82) is 0 Å². The number of aryl methyl sites for hydroxylation is 1. The van der Waals surface area contributed by atoms with E-state index in [2.05, 4.69) is 18.0 Å². The maximum absolute atomic E-state index is 12.8. The standard InChI is InChI=1S/C27H32N4O2/c1-19(2)33-24-13-9-8-12-22(24)17-30(4)18-25-28-20(3)23-14-15-26(32)31(27(23)29-25)16-21-10-6-5-7-11-21/h5-13,19H,14-18H2,1-4H3. The van der Waals surface area contributed by atoms with E-state index in [-0.39, 0.29) is 12.0 Å². The molecule has 0 unspecified atom stereocenters. The van der Waals surface area contributed by atoms with E-state index in [4.69, 9.17) is 14.7 Å². The average molecular weight is 445 g/mol. The molecule has 3 aromatic rings. The first kappa shape index (κ1) is 22.9. The molecule has 1 aromatic heterocycles. The number of anilines is 1. The molecule has 6 heteroatoms. The Kier molecular flexibility index (Phi) is 7.04. The minimum Gasteiger partial charge on any atom is -0.491 e. The first-order valence-corrected chi connectivity index (χ1v) is 11.5. The molecule has 4 rings (SSSR count). The van der Waals surface area contributed by atoms with Crippen LogP contribution < -0.4 is 9.64 Å². The van der Waals surface area contributed by atoms with Gasteiger partial charge in [0.25, 0.3) is 0 Å². The number of ether oxygens (including phenoxy) is 1. The SMILES string of the molecule is Cc1nc(CN(C)Cc2ccccc2OC(C)C)nc2c1CCC(=O)N2Cc1ccccc1. The van der Waals surface area contributed by atoms with Crippen LogP contribution in [-0.2, 0) is 30.8 Å². The highest BCUT2D eigenvalue weighted by atomic mass is 16.5. The van der Waals surface area contributed by atoms with Gasteiger partial charge in [0.1, 0.15) is 17.4 Å². The van der Waals surface area contributed by atoms with Gasteiger partial charge in [-0.2, -0.15) is 0 Å². The molecule has 1 aliphatic heterocycles. The summed E-state index contributed by atoms with van der Waals surface area (Å²) in [5.74, 6) is 2.50. The third kappa shape index (κ3) is 5.57. The number of amides is 1. The van der Waals surface area contributed by atoms with Gasteiger partial charge in [-0.05, 0) is 45.9 Å². The van der Waals surface area contributed by atoms with Gasteiger partial charge in [0.05, 0.1) is 19.2 Å². The van der Waals surface area contributed by atoms with E-state index in [9.17, 15) is 4.79 Å². The van der Waals surface area contributed by atoms with Crippen LogP contribution in [-0.4, -0.2) is 33.9 Å². The predicted octanol–water partition coefficient (Wildman–Crippen LogP) is 4.68. The van der Waals surface area contributed by atoms with Crippen LogP contribution in [0.25, 0.3) is 0 Å². The summed E-state index contributed by atoms with van der Waals surface area (Å²) in [7, 11) is 2.05. The molecule has 2 aromatic carbocycles. The maximum Gasteiger partial charge on any atom is 0.228 e. The van der Waals surface area contributed by atoms with Crippen molar-refractivity contribution in [3.8, 4) is 5.75 Å². The highest BCUT2D eigenvalue weighted by Gasteiger charge is 2.28. The number of carbonyl (C=O) groups is 1.